The Hall–Kier alpha value is 0.270. The second-order valence-electron chi connectivity index (χ2n) is 2.51. The van der Waals surface area contributed by atoms with Crippen LogP contribution in [0, 0.1) is 0 Å². The Labute approximate surface area is 80.0 Å². The molecule has 1 aliphatic rings. The van der Waals surface area contributed by atoms with Crippen molar-refractivity contribution < 1.29 is 9.47 Å². The summed E-state index contributed by atoms with van der Waals surface area (Å²) in [7, 11) is 3.49. The molecule has 1 saturated heterocycles. The summed E-state index contributed by atoms with van der Waals surface area (Å²) in [4.78, 5) is 0. The Bertz CT molecular complexity index is 109. The Morgan fingerprint density at radius 3 is 2.08 bits per heavy atom. The molecule has 1 heterocycles. The number of methoxy groups -OCH3 is 2. The zero-order chi connectivity index (χ0) is 9.56. The van der Waals surface area contributed by atoms with Crippen molar-refractivity contribution in [3.8, 4) is 0 Å². The number of hydrogen-bond donors (Lipinski definition) is 0. The first-order valence-electron chi connectivity index (χ1n) is 4.46. The molecule has 0 bridgehead atoms. The predicted octanol–water partition coefficient (Wildman–Crippen LogP) is 2.18. The van der Waals surface area contributed by atoms with Crippen LogP contribution in [-0.4, -0.2) is 37.4 Å². The standard InChI is InChI=1S/C7H14O2S.C2H6/c1-5-7(9-3)6(8-2)4-10-5;1-2/h5-7H,4H2,1-3H3;1-2H3. The van der Waals surface area contributed by atoms with Gasteiger partial charge in [0.15, 0.2) is 0 Å². The Kier molecular flexibility index (Phi) is 6.90. The summed E-state index contributed by atoms with van der Waals surface area (Å²) in [5, 5.41) is 0.579. The lowest BCUT2D eigenvalue weighted by Gasteiger charge is -2.18. The number of ether oxygens (including phenoxy) is 2. The molecule has 0 aromatic rings. The topological polar surface area (TPSA) is 18.5 Å². The normalized spacial score (nSPS) is 34.2. The first kappa shape index (κ1) is 12.3. The van der Waals surface area contributed by atoms with Crippen molar-refractivity contribution in [3.05, 3.63) is 0 Å². The van der Waals surface area contributed by atoms with Crippen LogP contribution in [-0.2, 0) is 9.47 Å². The predicted molar refractivity (Wildman–Crippen MR) is 54.9 cm³/mol. The summed E-state index contributed by atoms with van der Waals surface area (Å²) in [6, 6.07) is 0. The first-order valence-corrected chi connectivity index (χ1v) is 5.51. The fourth-order valence-corrected chi connectivity index (χ4v) is 2.58. The minimum Gasteiger partial charge on any atom is -0.378 e. The molecule has 1 fully saturated rings. The molecule has 0 spiro atoms. The molecule has 74 valence electrons. The maximum absolute atomic E-state index is 5.28. The zero-order valence-electron chi connectivity index (χ0n) is 8.66. The van der Waals surface area contributed by atoms with E-state index in [9.17, 15) is 0 Å². The number of rotatable bonds is 2. The lowest BCUT2D eigenvalue weighted by molar-refractivity contribution is -0.0148. The van der Waals surface area contributed by atoms with Crippen LogP contribution >= 0.6 is 11.8 Å². The van der Waals surface area contributed by atoms with Crippen molar-refractivity contribution in [2.45, 2.75) is 38.2 Å². The van der Waals surface area contributed by atoms with E-state index in [1.165, 1.54) is 0 Å². The molecule has 0 amide bonds. The first-order chi connectivity index (χ1) is 5.79. The van der Waals surface area contributed by atoms with Crippen LogP contribution < -0.4 is 0 Å². The maximum atomic E-state index is 5.28. The van der Waals surface area contributed by atoms with Crippen LogP contribution in [0.15, 0.2) is 0 Å². The van der Waals surface area contributed by atoms with Gasteiger partial charge in [0.1, 0.15) is 0 Å². The van der Waals surface area contributed by atoms with E-state index >= 15 is 0 Å². The van der Waals surface area contributed by atoms with Crippen LogP contribution in [0.3, 0.4) is 0 Å². The third-order valence-electron chi connectivity index (χ3n) is 1.93. The highest BCUT2D eigenvalue weighted by Gasteiger charge is 2.33. The van der Waals surface area contributed by atoms with Gasteiger partial charge in [-0.3, -0.25) is 0 Å². The monoisotopic (exact) mass is 192 g/mol. The van der Waals surface area contributed by atoms with Crippen LogP contribution in [0.1, 0.15) is 20.8 Å². The average Bonchev–Trinajstić information content (AvgIpc) is 2.49. The number of thioether (sulfide) groups is 1. The zero-order valence-corrected chi connectivity index (χ0v) is 9.48. The summed E-state index contributed by atoms with van der Waals surface area (Å²) in [6.45, 7) is 6.18. The molecule has 0 aromatic heterocycles. The fourth-order valence-electron chi connectivity index (χ4n) is 1.28. The molecular formula is C9H20O2S. The van der Waals surface area contributed by atoms with E-state index in [1.807, 2.05) is 25.6 Å². The molecule has 12 heavy (non-hydrogen) atoms. The van der Waals surface area contributed by atoms with E-state index in [2.05, 4.69) is 6.92 Å². The molecule has 3 unspecified atom stereocenters. The summed E-state index contributed by atoms with van der Waals surface area (Å²) >= 11 is 1.91. The van der Waals surface area contributed by atoms with Gasteiger partial charge in [0.05, 0.1) is 12.2 Å². The molecule has 2 nitrogen and oxygen atoms in total. The largest absolute Gasteiger partial charge is 0.378 e. The van der Waals surface area contributed by atoms with Gasteiger partial charge >= 0.3 is 0 Å². The molecule has 1 rings (SSSR count). The van der Waals surface area contributed by atoms with Gasteiger partial charge in [-0.05, 0) is 0 Å². The summed E-state index contributed by atoms with van der Waals surface area (Å²) in [5.41, 5.74) is 0. The van der Waals surface area contributed by atoms with Crippen molar-refractivity contribution in [1.82, 2.24) is 0 Å². The average molecular weight is 192 g/mol. The summed E-state index contributed by atoms with van der Waals surface area (Å²) in [5.74, 6) is 1.07. The van der Waals surface area contributed by atoms with Gasteiger partial charge in [0.2, 0.25) is 0 Å². The van der Waals surface area contributed by atoms with Gasteiger partial charge in [0.25, 0.3) is 0 Å². The molecule has 0 radical (unpaired) electrons. The van der Waals surface area contributed by atoms with Crippen molar-refractivity contribution in [2.75, 3.05) is 20.0 Å². The molecular weight excluding hydrogens is 172 g/mol. The molecule has 1 aliphatic heterocycles. The molecule has 0 N–H and O–H groups in total. The van der Waals surface area contributed by atoms with Crippen molar-refractivity contribution in [1.29, 1.82) is 0 Å². The second kappa shape index (κ2) is 6.75. The van der Waals surface area contributed by atoms with Crippen LogP contribution in [0.5, 0.6) is 0 Å². The Balaban J connectivity index is 0.000000561. The van der Waals surface area contributed by atoms with Crippen LogP contribution in [0.2, 0.25) is 0 Å². The highest BCUT2D eigenvalue weighted by atomic mass is 32.2. The summed E-state index contributed by atoms with van der Waals surface area (Å²) < 4.78 is 10.5. The van der Waals surface area contributed by atoms with E-state index in [-0.39, 0.29) is 6.10 Å². The molecule has 0 aromatic carbocycles. The summed E-state index contributed by atoms with van der Waals surface area (Å²) in [6.07, 6.45) is 0.583. The third-order valence-corrected chi connectivity index (χ3v) is 3.24. The van der Waals surface area contributed by atoms with Crippen LogP contribution in [0.25, 0.3) is 0 Å². The molecule has 0 saturated carbocycles. The molecule has 0 aliphatic carbocycles. The number of hydrogen-bond acceptors (Lipinski definition) is 3. The Morgan fingerprint density at radius 1 is 1.17 bits per heavy atom. The Morgan fingerprint density at radius 2 is 1.75 bits per heavy atom. The van der Waals surface area contributed by atoms with E-state index in [0.29, 0.717) is 11.4 Å². The SMILES string of the molecule is CC.COC1CSC(C)C1OC. The van der Waals surface area contributed by atoms with Crippen molar-refractivity contribution in [3.63, 3.8) is 0 Å². The van der Waals surface area contributed by atoms with Gasteiger partial charge in [-0.1, -0.05) is 20.8 Å². The third kappa shape index (κ3) is 2.96. The second-order valence-corrected chi connectivity index (χ2v) is 3.92. The van der Waals surface area contributed by atoms with Gasteiger partial charge in [-0.2, -0.15) is 11.8 Å². The van der Waals surface area contributed by atoms with E-state index in [1.54, 1.807) is 14.2 Å². The van der Waals surface area contributed by atoms with Gasteiger partial charge < -0.3 is 9.47 Å². The van der Waals surface area contributed by atoms with Gasteiger partial charge in [-0.25, -0.2) is 0 Å². The highest BCUT2D eigenvalue weighted by Crippen LogP contribution is 2.30. The smallest absolute Gasteiger partial charge is 0.0956 e. The lowest BCUT2D eigenvalue weighted by atomic mass is 10.2. The van der Waals surface area contributed by atoms with E-state index in [4.69, 9.17) is 9.47 Å². The van der Waals surface area contributed by atoms with E-state index in [0.717, 1.165) is 5.75 Å². The van der Waals surface area contributed by atoms with E-state index < -0.39 is 0 Å². The van der Waals surface area contributed by atoms with Crippen LogP contribution in [0.4, 0.5) is 0 Å². The quantitative estimate of drug-likeness (QED) is 0.668. The lowest BCUT2D eigenvalue weighted by Crippen LogP contribution is -2.31. The maximum Gasteiger partial charge on any atom is 0.0956 e. The minimum absolute atomic E-state index is 0.287. The fraction of sp³-hybridized carbons (Fsp3) is 1.00. The minimum atomic E-state index is 0.287. The van der Waals surface area contributed by atoms with Crippen molar-refractivity contribution in [2.24, 2.45) is 0 Å². The van der Waals surface area contributed by atoms with Gasteiger partial charge in [-0.15, -0.1) is 0 Å². The van der Waals surface area contributed by atoms with Gasteiger partial charge in [0, 0.05) is 25.2 Å². The molecule has 3 atom stereocenters. The highest BCUT2D eigenvalue weighted by molar-refractivity contribution is 8.00. The molecule has 3 heteroatoms. The van der Waals surface area contributed by atoms with Crippen molar-refractivity contribution >= 4 is 11.8 Å².